The average Bonchev–Trinajstić information content (AvgIpc) is 3.14. The molecule has 0 bridgehead atoms. The Balaban J connectivity index is 1.83. The first-order valence-corrected chi connectivity index (χ1v) is 9.80. The summed E-state index contributed by atoms with van der Waals surface area (Å²) in [5, 5.41) is 7.55. The van der Waals surface area contributed by atoms with Crippen LogP contribution < -0.4 is 10.1 Å². The van der Waals surface area contributed by atoms with E-state index in [2.05, 4.69) is 10.5 Å². The van der Waals surface area contributed by atoms with Crippen molar-refractivity contribution in [3.8, 4) is 17.0 Å². The van der Waals surface area contributed by atoms with Gasteiger partial charge in [-0.05, 0) is 50.2 Å². The monoisotopic (exact) mass is 448 g/mol. The molecule has 156 valence electrons. The van der Waals surface area contributed by atoms with Crippen molar-refractivity contribution in [1.82, 2.24) is 5.16 Å². The molecule has 3 rings (SSSR count). The van der Waals surface area contributed by atoms with Crippen molar-refractivity contribution in [2.75, 3.05) is 11.9 Å². The van der Waals surface area contributed by atoms with Gasteiger partial charge in [-0.2, -0.15) is 0 Å². The molecule has 7 nitrogen and oxygen atoms in total. The fourth-order valence-electron chi connectivity index (χ4n) is 2.56. The zero-order valence-electron chi connectivity index (χ0n) is 16.1. The van der Waals surface area contributed by atoms with Crippen LogP contribution in [0, 0.1) is 0 Å². The van der Waals surface area contributed by atoms with E-state index in [0.717, 1.165) is 0 Å². The molecule has 0 aliphatic heterocycles. The number of carbonyl (C=O) groups excluding carboxylic acids is 2. The summed E-state index contributed by atoms with van der Waals surface area (Å²) in [6.45, 7) is 3.38. The van der Waals surface area contributed by atoms with Crippen molar-refractivity contribution in [1.29, 1.82) is 0 Å². The van der Waals surface area contributed by atoms with Crippen molar-refractivity contribution in [3.05, 3.63) is 64.1 Å². The van der Waals surface area contributed by atoms with Gasteiger partial charge in [0.25, 0.3) is 5.91 Å². The van der Waals surface area contributed by atoms with Gasteiger partial charge < -0.3 is 14.0 Å². The van der Waals surface area contributed by atoms with Gasteiger partial charge in [0.15, 0.2) is 11.7 Å². The molecule has 1 atom stereocenters. The lowest BCUT2D eigenvalue weighted by molar-refractivity contribution is -0.122. The summed E-state index contributed by atoms with van der Waals surface area (Å²) in [6.07, 6.45) is -0.884. The number of carbonyl (C=O) groups is 2. The van der Waals surface area contributed by atoms with Crippen LogP contribution in [-0.2, 0) is 9.53 Å². The largest absolute Gasteiger partial charge is 0.481 e. The quantitative estimate of drug-likeness (QED) is 0.497. The molecule has 0 saturated heterocycles. The number of benzene rings is 2. The van der Waals surface area contributed by atoms with E-state index in [1.165, 1.54) is 0 Å². The summed E-state index contributed by atoms with van der Waals surface area (Å²) >= 11 is 11.8. The third kappa shape index (κ3) is 5.11. The number of amides is 1. The highest BCUT2D eigenvalue weighted by Gasteiger charge is 2.28. The summed E-state index contributed by atoms with van der Waals surface area (Å²) < 4.78 is 15.9. The lowest BCUT2D eigenvalue weighted by Crippen LogP contribution is -2.30. The summed E-state index contributed by atoms with van der Waals surface area (Å²) in [5.41, 5.74) is 0.815. The fraction of sp³-hybridized carbons (Fsp3) is 0.190. The van der Waals surface area contributed by atoms with Crippen LogP contribution in [0.2, 0.25) is 10.0 Å². The number of hydrogen-bond acceptors (Lipinski definition) is 6. The smallest absolute Gasteiger partial charge is 0.346 e. The van der Waals surface area contributed by atoms with Gasteiger partial charge in [0.1, 0.15) is 11.4 Å². The number of ether oxygens (including phenoxy) is 2. The molecule has 1 aromatic heterocycles. The van der Waals surface area contributed by atoms with Crippen LogP contribution in [0.5, 0.6) is 5.75 Å². The van der Waals surface area contributed by atoms with Crippen molar-refractivity contribution in [3.63, 3.8) is 0 Å². The van der Waals surface area contributed by atoms with Crippen LogP contribution in [0.3, 0.4) is 0 Å². The number of esters is 1. The predicted octanol–water partition coefficient (Wildman–Crippen LogP) is 5.23. The van der Waals surface area contributed by atoms with Crippen LogP contribution in [0.4, 0.5) is 5.88 Å². The Morgan fingerprint density at radius 2 is 1.67 bits per heavy atom. The Kier molecular flexibility index (Phi) is 6.97. The summed E-state index contributed by atoms with van der Waals surface area (Å²) in [4.78, 5) is 25.1. The molecule has 0 fully saturated rings. The molecule has 3 aromatic rings. The van der Waals surface area contributed by atoms with Crippen LogP contribution in [0.1, 0.15) is 24.2 Å². The van der Waals surface area contributed by atoms with Crippen molar-refractivity contribution in [2.45, 2.75) is 20.0 Å². The molecule has 9 heteroatoms. The van der Waals surface area contributed by atoms with Crippen LogP contribution in [0.25, 0.3) is 11.3 Å². The van der Waals surface area contributed by atoms with Gasteiger partial charge in [-0.15, -0.1) is 0 Å². The van der Waals surface area contributed by atoms with E-state index < -0.39 is 18.0 Å². The number of rotatable bonds is 7. The zero-order valence-corrected chi connectivity index (χ0v) is 17.7. The minimum absolute atomic E-state index is 0.00575. The molecular formula is C21H18Cl2N2O5. The standard InChI is InChI=1S/C21H18Cl2N2O5/c1-3-28-21(27)17-18(13-4-6-14(22)7-5-13)25-30-20(17)24-19(26)12(2)29-16-10-8-15(23)9-11-16/h4-12H,3H2,1-2H3,(H,24,26). The maximum atomic E-state index is 12.6. The van der Waals surface area contributed by atoms with Crippen molar-refractivity contribution in [2.24, 2.45) is 0 Å². The lowest BCUT2D eigenvalue weighted by atomic mass is 10.1. The zero-order chi connectivity index (χ0) is 21.7. The molecule has 30 heavy (non-hydrogen) atoms. The van der Waals surface area contributed by atoms with Crippen LogP contribution in [-0.4, -0.2) is 29.7 Å². The van der Waals surface area contributed by atoms with Crippen LogP contribution in [0.15, 0.2) is 53.1 Å². The number of anilines is 1. The minimum Gasteiger partial charge on any atom is -0.481 e. The molecule has 0 aliphatic carbocycles. The Morgan fingerprint density at radius 3 is 2.27 bits per heavy atom. The van der Waals surface area contributed by atoms with Gasteiger partial charge >= 0.3 is 5.97 Å². The molecule has 1 amide bonds. The van der Waals surface area contributed by atoms with Crippen LogP contribution >= 0.6 is 23.2 Å². The predicted molar refractivity (Wildman–Crippen MR) is 113 cm³/mol. The molecule has 1 heterocycles. The molecule has 0 saturated carbocycles. The fourth-order valence-corrected chi connectivity index (χ4v) is 2.81. The van der Waals surface area contributed by atoms with E-state index >= 15 is 0 Å². The van der Waals surface area contributed by atoms with Gasteiger partial charge in [0.05, 0.1) is 6.61 Å². The highest BCUT2D eigenvalue weighted by Crippen LogP contribution is 2.30. The Hall–Kier alpha value is -3.03. The van der Waals surface area contributed by atoms with E-state index in [0.29, 0.717) is 21.4 Å². The van der Waals surface area contributed by atoms with Gasteiger partial charge in [-0.3, -0.25) is 10.1 Å². The number of nitrogens with zero attached hydrogens (tertiary/aromatic N) is 1. The van der Waals surface area contributed by atoms with Crippen molar-refractivity contribution >= 4 is 41.0 Å². The van der Waals surface area contributed by atoms with E-state index in [9.17, 15) is 9.59 Å². The van der Waals surface area contributed by atoms with Gasteiger partial charge in [0, 0.05) is 15.6 Å². The number of halogens is 2. The summed E-state index contributed by atoms with van der Waals surface area (Å²) in [6, 6.07) is 13.3. The Labute approximate surface area is 182 Å². The average molecular weight is 449 g/mol. The number of nitrogens with one attached hydrogen (secondary N) is 1. The lowest BCUT2D eigenvalue weighted by Gasteiger charge is -2.14. The van der Waals surface area contributed by atoms with Gasteiger partial charge in [-0.1, -0.05) is 40.5 Å². The first-order chi connectivity index (χ1) is 14.4. The third-order valence-electron chi connectivity index (χ3n) is 4.02. The molecule has 2 aromatic carbocycles. The van der Waals surface area contributed by atoms with Gasteiger partial charge in [-0.25, -0.2) is 4.79 Å². The summed E-state index contributed by atoms with van der Waals surface area (Å²) in [7, 11) is 0. The SMILES string of the molecule is CCOC(=O)c1c(-c2ccc(Cl)cc2)noc1NC(=O)C(C)Oc1ccc(Cl)cc1. The van der Waals surface area contributed by atoms with E-state index in [1.807, 2.05) is 0 Å². The molecule has 0 radical (unpaired) electrons. The second-order valence-electron chi connectivity index (χ2n) is 6.17. The first-order valence-electron chi connectivity index (χ1n) is 9.05. The number of aromatic nitrogens is 1. The second-order valence-corrected chi connectivity index (χ2v) is 7.04. The molecule has 0 aliphatic rings. The Morgan fingerprint density at radius 1 is 1.07 bits per heavy atom. The van der Waals surface area contributed by atoms with E-state index in [-0.39, 0.29) is 23.7 Å². The molecule has 1 unspecified atom stereocenters. The third-order valence-corrected chi connectivity index (χ3v) is 4.53. The minimum atomic E-state index is -0.884. The second kappa shape index (κ2) is 9.65. The normalized spacial score (nSPS) is 11.6. The highest BCUT2D eigenvalue weighted by atomic mass is 35.5. The van der Waals surface area contributed by atoms with Gasteiger partial charge in [0.2, 0.25) is 5.88 Å². The molecule has 0 spiro atoms. The first kappa shape index (κ1) is 21.7. The maximum Gasteiger partial charge on any atom is 0.346 e. The summed E-state index contributed by atoms with van der Waals surface area (Å²) in [5.74, 6) is -0.873. The number of hydrogen-bond donors (Lipinski definition) is 1. The molecule has 1 N–H and O–H groups in total. The van der Waals surface area contributed by atoms with Crippen molar-refractivity contribution < 1.29 is 23.6 Å². The highest BCUT2D eigenvalue weighted by molar-refractivity contribution is 6.30. The van der Waals surface area contributed by atoms with E-state index in [1.54, 1.807) is 62.4 Å². The van der Waals surface area contributed by atoms with E-state index in [4.69, 9.17) is 37.2 Å². The topological polar surface area (TPSA) is 90.7 Å². The Bertz CT molecular complexity index is 1030. The molecular weight excluding hydrogens is 431 g/mol. The maximum absolute atomic E-state index is 12.6.